The molecule has 8 nitrogen and oxygen atoms in total. The number of carbonyl (C=O) groups is 1. The Morgan fingerprint density at radius 3 is 2.50 bits per heavy atom. The van der Waals surface area contributed by atoms with Crippen molar-refractivity contribution in [1.82, 2.24) is 24.9 Å². The van der Waals surface area contributed by atoms with Gasteiger partial charge in [0.2, 0.25) is 17.6 Å². The van der Waals surface area contributed by atoms with Gasteiger partial charge in [0.1, 0.15) is 5.60 Å². The molecular weight excluding hydrogens is 478 g/mol. The second-order valence-electron chi connectivity index (χ2n) is 11.9. The first-order valence-corrected chi connectivity index (χ1v) is 13.6. The molecule has 8 heteroatoms. The first-order chi connectivity index (χ1) is 18.0. The van der Waals surface area contributed by atoms with E-state index in [2.05, 4.69) is 61.9 Å². The van der Waals surface area contributed by atoms with Crippen LogP contribution in [0.5, 0.6) is 0 Å². The molecule has 2 fully saturated rings. The van der Waals surface area contributed by atoms with Gasteiger partial charge in [0, 0.05) is 67.5 Å². The van der Waals surface area contributed by atoms with E-state index in [-0.39, 0.29) is 23.3 Å². The van der Waals surface area contributed by atoms with Crippen molar-refractivity contribution in [3.8, 4) is 11.4 Å². The zero-order valence-corrected chi connectivity index (χ0v) is 23.3. The topological polar surface area (TPSA) is 95.6 Å². The summed E-state index contributed by atoms with van der Waals surface area (Å²) in [7, 11) is 2.07. The largest absolute Gasteiger partial charge is 0.380 e. The van der Waals surface area contributed by atoms with E-state index in [1.807, 2.05) is 23.1 Å². The monoisotopic (exact) mass is 517 g/mol. The van der Waals surface area contributed by atoms with Crippen LogP contribution in [0.3, 0.4) is 0 Å². The Hall–Kier alpha value is -3.10. The molecule has 0 aliphatic carbocycles. The van der Waals surface area contributed by atoms with Crippen LogP contribution in [0.1, 0.15) is 81.9 Å². The molecule has 4 heterocycles. The lowest BCUT2D eigenvalue weighted by Crippen LogP contribution is -2.63. The average Bonchev–Trinajstić information content (AvgIpc) is 3.38. The molecule has 0 spiro atoms. The minimum Gasteiger partial charge on any atom is -0.380 e. The number of hydrogen-bond acceptors (Lipinski definition) is 7. The average molecular weight is 518 g/mol. The summed E-state index contributed by atoms with van der Waals surface area (Å²) >= 11 is 0. The van der Waals surface area contributed by atoms with Crippen LogP contribution in [0.25, 0.3) is 11.4 Å². The molecule has 0 unspecified atom stereocenters. The third-order valence-electron chi connectivity index (χ3n) is 8.59. The highest BCUT2D eigenvalue weighted by molar-refractivity contribution is 5.73. The van der Waals surface area contributed by atoms with Crippen molar-refractivity contribution in [2.75, 3.05) is 26.7 Å². The first kappa shape index (κ1) is 26.5. The lowest BCUT2D eigenvalue weighted by molar-refractivity contribution is -0.132. The number of amides is 1. The van der Waals surface area contributed by atoms with Crippen LogP contribution in [0, 0.1) is 5.41 Å². The van der Waals surface area contributed by atoms with Crippen LogP contribution >= 0.6 is 0 Å². The van der Waals surface area contributed by atoms with Crippen molar-refractivity contribution < 1.29 is 14.4 Å². The highest BCUT2D eigenvalue weighted by Crippen LogP contribution is 2.50. The number of nitrogens with zero attached hydrogens (tertiary/aromatic N) is 5. The minimum absolute atomic E-state index is 0.0998. The zero-order valence-electron chi connectivity index (χ0n) is 23.3. The van der Waals surface area contributed by atoms with Gasteiger partial charge in [-0.25, -0.2) is 0 Å². The third-order valence-corrected chi connectivity index (χ3v) is 8.59. The van der Waals surface area contributed by atoms with E-state index in [1.54, 1.807) is 19.3 Å². The van der Waals surface area contributed by atoms with Crippen LogP contribution in [0.15, 0.2) is 47.2 Å². The van der Waals surface area contributed by atoms with Gasteiger partial charge in [-0.1, -0.05) is 50.2 Å². The predicted molar refractivity (Wildman–Crippen MR) is 145 cm³/mol. The predicted octanol–water partition coefficient (Wildman–Crippen LogP) is 4.56. The summed E-state index contributed by atoms with van der Waals surface area (Å²) in [5, 5.41) is 16.8. The Labute approximate surface area is 225 Å². The fourth-order valence-corrected chi connectivity index (χ4v) is 6.49. The number of hydrogen-bond donors (Lipinski definition) is 1. The number of aromatic nitrogens is 3. The Kier molecular flexibility index (Phi) is 6.90. The van der Waals surface area contributed by atoms with Crippen molar-refractivity contribution in [2.24, 2.45) is 5.41 Å². The van der Waals surface area contributed by atoms with Crippen molar-refractivity contribution in [3.05, 3.63) is 65.3 Å². The molecule has 2 aromatic heterocycles. The van der Waals surface area contributed by atoms with E-state index >= 15 is 0 Å². The molecular formula is C30H39N5O3. The van der Waals surface area contributed by atoms with Gasteiger partial charge in [-0.2, -0.15) is 4.98 Å². The fraction of sp³-hybridized carbons (Fsp3) is 0.533. The van der Waals surface area contributed by atoms with Gasteiger partial charge in [0.05, 0.1) is 0 Å². The fourth-order valence-electron chi connectivity index (χ4n) is 6.49. The molecule has 2 saturated heterocycles. The lowest BCUT2D eigenvalue weighted by atomic mass is 9.62. The molecule has 3 atom stereocenters. The summed E-state index contributed by atoms with van der Waals surface area (Å²) in [4.78, 5) is 25.2. The lowest BCUT2D eigenvalue weighted by Gasteiger charge is -2.55. The van der Waals surface area contributed by atoms with Gasteiger partial charge in [0.25, 0.3) is 0 Å². The number of pyridine rings is 1. The molecule has 0 radical (unpaired) electrons. The molecule has 2 aliphatic heterocycles. The molecule has 3 aromatic rings. The van der Waals surface area contributed by atoms with Gasteiger partial charge in [0.15, 0.2) is 0 Å². The highest BCUT2D eigenvalue weighted by Gasteiger charge is 2.55. The number of aliphatic hydroxyl groups is 1. The van der Waals surface area contributed by atoms with Crippen LogP contribution in [-0.2, 0) is 10.4 Å². The van der Waals surface area contributed by atoms with E-state index in [4.69, 9.17) is 9.51 Å². The summed E-state index contributed by atoms with van der Waals surface area (Å²) < 4.78 is 5.70. The Morgan fingerprint density at radius 2 is 1.89 bits per heavy atom. The molecule has 202 valence electrons. The first-order valence-electron chi connectivity index (χ1n) is 13.6. The Balaban J connectivity index is 1.47. The van der Waals surface area contributed by atoms with Crippen LogP contribution in [0.4, 0.5) is 0 Å². The van der Waals surface area contributed by atoms with Gasteiger partial charge in [-0.3, -0.25) is 9.78 Å². The molecule has 1 aromatic carbocycles. The molecule has 1 amide bonds. The smallest absolute Gasteiger partial charge is 0.230 e. The van der Waals surface area contributed by atoms with E-state index in [0.717, 1.165) is 37.1 Å². The maximum Gasteiger partial charge on any atom is 0.230 e. The van der Waals surface area contributed by atoms with E-state index < -0.39 is 5.60 Å². The number of piperidine rings is 1. The molecule has 0 saturated carbocycles. The second kappa shape index (κ2) is 9.89. The maximum atomic E-state index is 12.5. The van der Waals surface area contributed by atoms with Crippen molar-refractivity contribution >= 4 is 5.91 Å². The number of likely N-dealkylation sites (tertiary alicyclic amines) is 2. The molecule has 5 rings (SSSR count). The second-order valence-corrected chi connectivity index (χ2v) is 11.9. The highest BCUT2D eigenvalue weighted by atomic mass is 16.5. The molecule has 38 heavy (non-hydrogen) atoms. The third kappa shape index (κ3) is 4.54. The van der Waals surface area contributed by atoms with E-state index in [1.165, 1.54) is 5.56 Å². The molecule has 1 N–H and O–H groups in total. The van der Waals surface area contributed by atoms with Crippen LogP contribution < -0.4 is 0 Å². The Bertz CT molecular complexity index is 1300. The summed E-state index contributed by atoms with van der Waals surface area (Å²) in [5.41, 5.74) is 1.90. The summed E-state index contributed by atoms with van der Waals surface area (Å²) in [5.74, 6) is 1.68. The zero-order chi connectivity index (χ0) is 27.2. The SMILES string of the molecule is CC(=O)N1CC[C@H](c2nc(-c3cncc([C@@](O)(c4ccc(C(C)C)cc4)C4(C)CN(C)C4)c3)no2)C[C@@H]1C. The normalized spacial score (nSPS) is 23.2. The maximum absolute atomic E-state index is 12.5. The number of rotatable bonds is 6. The summed E-state index contributed by atoms with van der Waals surface area (Å²) in [6, 6.07) is 10.4. The molecule has 2 aliphatic rings. The van der Waals surface area contributed by atoms with Crippen molar-refractivity contribution in [3.63, 3.8) is 0 Å². The van der Waals surface area contributed by atoms with Crippen molar-refractivity contribution in [2.45, 2.75) is 70.9 Å². The quantitative estimate of drug-likeness (QED) is 0.512. The van der Waals surface area contributed by atoms with Crippen molar-refractivity contribution in [1.29, 1.82) is 0 Å². The van der Waals surface area contributed by atoms with Crippen LogP contribution in [-0.4, -0.2) is 68.7 Å². The van der Waals surface area contributed by atoms with Gasteiger partial charge >= 0.3 is 0 Å². The number of carbonyl (C=O) groups excluding carboxylic acids is 1. The summed E-state index contributed by atoms with van der Waals surface area (Å²) in [6.45, 7) is 12.4. The summed E-state index contributed by atoms with van der Waals surface area (Å²) in [6.07, 6.45) is 5.06. The van der Waals surface area contributed by atoms with Gasteiger partial charge < -0.3 is 19.4 Å². The van der Waals surface area contributed by atoms with Crippen LogP contribution in [0.2, 0.25) is 0 Å². The standard InChI is InChI=1S/C30H39N5O3/c1-19(2)22-7-9-25(10-8-22)30(37,29(5)17-34(6)18-29)26-14-24(15-31-16-26)27-32-28(38-33-27)23-11-12-35(21(4)36)20(3)13-23/h7-10,14-16,19-20,23,37H,11-13,17-18H2,1-6H3/t20-,23-,30-/m0/s1. The number of benzene rings is 1. The Morgan fingerprint density at radius 1 is 1.18 bits per heavy atom. The van der Waals surface area contributed by atoms with E-state index in [9.17, 15) is 9.90 Å². The minimum atomic E-state index is -1.24. The molecule has 0 bridgehead atoms. The van der Waals surface area contributed by atoms with Gasteiger partial charge in [-0.15, -0.1) is 0 Å². The van der Waals surface area contributed by atoms with E-state index in [0.29, 0.717) is 29.7 Å². The van der Waals surface area contributed by atoms with Gasteiger partial charge in [-0.05, 0) is 49.9 Å².